The molecule has 0 saturated carbocycles. The molecule has 2 aromatic rings. The zero-order valence-corrected chi connectivity index (χ0v) is 12.9. The summed E-state index contributed by atoms with van der Waals surface area (Å²) >= 11 is 0. The third kappa shape index (κ3) is 4.26. The molecule has 0 bridgehead atoms. The van der Waals surface area contributed by atoms with Gasteiger partial charge in [0.05, 0.1) is 30.3 Å². The maximum Gasteiger partial charge on any atom is 0.260 e. The van der Waals surface area contributed by atoms with E-state index in [4.69, 9.17) is 9.47 Å². The van der Waals surface area contributed by atoms with E-state index >= 15 is 0 Å². The molecule has 1 atom stereocenters. The predicted molar refractivity (Wildman–Crippen MR) is 83.1 cm³/mol. The smallest absolute Gasteiger partial charge is 0.260 e. The van der Waals surface area contributed by atoms with Crippen LogP contribution in [0, 0.1) is 6.92 Å². The third-order valence-corrected chi connectivity index (χ3v) is 2.88. The van der Waals surface area contributed by atoms with Crippen LogP contribution in [0.2, 0.25) is 0 Å². The number of nitrogens with one attached hydrogen (secondary N) is 1. The number of nitrogens with zero attached hydrogens (tertiary/aromatic N) is 2. The van der Waals surface area contributed by atoms with Gasteiger partial charge in [0.1, 0.15) is 11.9 Å². The second kappa shape index (κ2) is 7.51. The number of carbonyl (C=O) groups excluding carboxylic acids is 1. The standard InChI is InChI=1S/C16H19N3O3/c1-11-8-18-15(9-17-11)19-16(20)13-6-4-5-7-14(13)22-12(2)10-21-3/h4-9,12H,10H2,1-3H3,(H,18,19,20)/t12-/m0/s1. The highest BCUT2D eigenvalue weighted by molar-refractivity contribution is 6.05. The molecule has 1 amide bonds. The highest BCUT2D eigenvalue weighted by Crippen LogP contribution is 2.20. The summed E-state index contributed by atoms with van der Waals surface area (Å²) in [4.78, 5) is 20.6. The minimum Gasteiger partial charge on any atom is -0.487 e. The van der Waals surface area contributed by atoms with Crippen molar-refractivity contribution >= 4 is 11.7 Å². The Labute approximate surface area is 129 Å². The van der Waals surface area contributed by atoms with E-state index in [0.29, 0.717) is 23.7 Å². The summed E-state index contributed by atoms with van der Waals surface area (Å²) in [5, 5.41) is 2.71. The Kier molecular flexibility index (Phi) is 5.43. The Morgan fingerprint density at radius 1 is 1.27 bits per heavy atom. The van der Waals surface area contributed by atoms with Gasteiger partial charge in [0.25, 0.3) is 5.91 Å². The third-order valence-electron chi connectivity index (χ3n) is 2.88. The summed E-state index contributed by atoms with van der Waals surface area (Å²) in [5.74, 6) is 0.610. The lowest BCUT2D eigenvalue weighted by molar-refractivity contribution is 0.0891. The fourth-order valence-electron chi connectivity index (χ4n) is 1.88. The Bertz CT molecular complexity index is 629. The van der Waals surface area contributed by atoms with Crippen molar-refractivity contribution in [1.82, 2.24) is 9.97 Å². The first kappa shape index (κ1) is 15.9. The highest BCUT2D eigenvalue weighted by atomic mass is 16.5. The van der Waals surface area contributed by atoms with E-state index in [0.717, 1.165) is 5.69 Å². The van der Waals surface area contributed by atoms with Gasteiger partial charge in [0.15, 0.2) is 5.82 Å². The fraction of sp³-hybridized carbons (Fsp3) is 0.312. The van der Waals surface area contributed by atoms with Crippen LogP contribution in [0.4, 0.5) is 5.82 Å². The number of carbonyl (C=O) groups is 1. The first-order valence-corrected chi connectivity index (χ1v) is 6.94. The first-order valence-electron chi connectivity index (χ1n) is 6.94. The minimum absolute atomic E-state index is 0.155. The molecule has 0 unspecified atom stereocenters. The van der Waals surface area contributed by atoms with Gasteiger partial charge in [-0.25, -0.2) is 4.98 Å². The number of amides is 1. The molecule has 6 nitrogen and oxygen atoms in total. The second-order valence-electron chi connectivity index (χ2n) is 4.88. The second-order valence-corrected chi connectivity index (χ2v) is 4.88. The zero-order valence-electron chi connectivity index (χ0n) is 12.9. The van der Waals surface area contributed by atoms with Crippen molar-refractivity contribution in [3.8, 4) is 5.75 Å². The summed E-state index contributed by atoms with van der Waals surface area (Å²) in [7, 11) is 1.61. The molecule has 2 rings (SSSR count). The number of para-hydroxylation sites is 1. The lowest BCUT2D eigenvalue weighted by Gasteiger charge is -2.16. The van der Waals surface area contributed by atoms with Crippen molar-refractivity contribution in [2.45, 2.75) is 20.0 Å². The fourth-order valence-corrected chi connectivity index (χ4v) is 1.88. The molecule has 0 spiro atoms. The molecule has 0 aliphatic rings. The van der Waals surface area contributed by atoms with Crippen LogP contribution < -0.4 is 10.1 Å². The van der Waals surface area contributed by atoms with Gasteiger partial charge in [0, 0.05) is 7.11 Å². The lowest BCUT2D eigenvalue weighted by atomic mass is 10.2. The van der Waals surface area contributed by atoms with Crippen molar-refractivity contribution in [3.63, 3.8) is 0 Å². The zero-order chi connectivity index (χ0) is 15.9. The van der Waals surface area contributed by atoms with Crippen LogP contribution in [-0.4, -0.2) is 35.7 Å². The lowest BCUT2D eigenvalue weighted by Crippen LogP contribution is -2.21. The molecule has 0 saturated heterocycles. The number of rotatable bonds is 6. The Balaban J connectivity index is 2.13. The van der Waals surface area contributed by atoms with E-state index in [1.54, 1.807) is 31.5 Å². The van der Waals surface area contributed by atoms with E-state index in [1.165, 1.54) is 6.20 Å². The van der Waals surface area contributed by atoms with Gasteiger partial charge in [-0.3, -0.25) is 9.78 Å². The van der Waals surface area contributed by atoms with Crippen LogP contribution in [0.1, 0.15) is 23.0 Å². The minimum atomic E-state index is -0.293. The van der Waals surface area contributed by atoms with Gasteiger partial charge in [0.2, 0.25) is 0 Å². The summed E-state index contributed by atoms with van der Waals surface area (Å²) < 4.78 is 10.8. The molecular formula is C16H19N3O3. The Morgan fingerprint density at radius 3 is 2.73 bits per heavy atom. The average molecular weight is 301 g/mol. The van der Waals surface area contributed by atoms with E-state index in [9.17, 15) is 4.79 Å². The number of ether oxygens (including phenoxy) is 2. The van der Waals surface area contributed by atoms with Crippen LogP contribution in [0.5, 0.6) is 5.75 Å². The first-order chi connectivity index (χ1) is 10.6. The van der Waals surface area contributed by atoms with Crippen molar-refractivity contribution in [1.29, 1.82) is 0 Å². The molecule has 1 aromatic carbocycles. The molecule has 116 valence electrons. The quantitative estimate of drug-likeness (QED) is 0.887. The van der Waals surface area contributed by atoms with Crippen LogP contribution in [0.3, 0.4) is 0 Å². The van der Waals surface area contributed by atoms with Gasteiger partial charge in [-0.2, -0.15) is 0 Å². The molecule has 0 aliphatic carbocycles. The molecule has 1 aromatic heterocycles. The molecule has 1 N–H and O–H groups in total. The van der Waals surface area contributed by atoms with Crippen LogP contribution in [-0.2, 0) is 4.74 Å². The van der Waals surface area contributed by atoms with Crippen molar-refractivity contribution < 1.29 is 14.3 Å². The van der Waals surface area contributed by atoms with Gasteiger partial charge < -0.3 is 14.8 Å². The van der Waals surface area contributed by atoms with Crippen LogP contribution in [0.25, 0.3) is 0 Å². The topological polar surface area (TPSA) is 73.3 Å². The largest absolute Gasteiger partial charge is 0.487 e. The molecule has 1 heterocycles. The van der Waals surface area contributed by atoms with Gasteiger partial charge >= 0.3 is 0 Å². The number of anilines is 1. The van der Waals surface area contributed by atoms with Crippen molar-refractivity contribution in [2.24, 2.45) is 0 Å². The van der Waals surface area contributed by atoms with E-state index in [-0.39, 0.29) is 12.0 Å². The van der Waals surface area contributed by atoms with E-state index < -0.39 is 0 Å². The van der Waals surface area contributed by atoms with E-state index in [1.807, 2.05) is 19.9 Å². The number of aromatic nitrogens is 2. The molecule has 0 radical (unpaired) electrons. The van der Waals surface area contributed by atoms with Gasteiger partial charge in [-0.1, -0.05) is 12.1 Å². The number of hydrogen-bond donors (Lipinski definition) is 1. The molecule has 0 aliphatic heterocycles. The molecular weight excluding hydrogens is 282 g/mol. The summed E-state index contributed by atoms with van der Waals surface area (Å²) in [5.41, 5.74) is 1.22. The van der Waals surface area contributed by atoms with Crippen LogP contribution in [0.15, 0.2) is 36.7 Å². The summed E-state index contributed by atoms with van der Waals surface area (Å²) in [6.07, 6.45) is 2.96. The average Bonchev–Trinajstić information content (AvgIpc) is 2.50. The van der Waals surface area contributed by atoms with Gasteiger partial charge in [-0.15, -0.1) is 0 Å². The van der Waals surface area contributed by atoms with Crippen molar-refractivity contribution in [2.75, 3.05) is 19.0 Å². The predicted octanol–water partition coefficient (Wildman–Crippen LogP) is 2.45. The van der Waals surface area contributed by atoms with Gasteiger partial charge in [-0.05, 0) is 26.0 Å². The molecule has 22 heavy (non-hydrogen) atoms. The highest BCUT2D eigenvalue weighted by Gasteiger charge is 2.15. The maximum atomic E-state index is 12.4. The Morgan fingerprint density at radius 2 is 2.05 bits per heavy atom. The SMILES string of the molecule is COC[C@H](C)Oc1ccccc1C(=O)Nc1cnc(C)cn1. The number of aryl methyl sites for hydroxylation is 1. The summed E-state index contributed by atoms with van der Waals surface area (Å²) in [6, 6.07) is 7.05. The molecule has 0 fully saturated rings. The van der Waals surface area contributed by atoms with E-state index in [2.05, 4.69) is 15.3 Å². The Hall–Kier alpha value is -2.47. The maximum absolute atomic E-state index is 12.4. The number of hydrogen-bond acceptors (Lipinski definition) is 5. The summed E-state index contributed by atoms with van der Waals surface area (Å²) in [6.45, 7) is 4.15. The van der Waals surface area contributed by atoms with Crippen LogP contribution >= 0.6 is 0 Å². The molecule has 6 heteroatoms. The normalized spacial score (nSPS) is 11.8. The number of benzene rings is 1. The number of methoxy groups -OCH3 is 1. The monoisotopic (exact) mass is 301 g/mol. The van der Waals surface area contributed by atoms with Crippen molar-refractivity contribution in [3.05, 3.63) is 47.9 Å².